The van der Waals surface area contributed by atoms with Gasteiger partial charge in [-0.3, -0.25) is 4.79 Å². The van der Waals surface area contributed by atoms with E-state index in [0.717, 1.165) is 11.3 Å². The molecular formula is C19H15Cl2NO2S. The average molecular weight is 392 g/mol. The Morgan fingerprint density at radius 3 is 2.56 bits per heavy atom. The highest BCUT2D eigenvalue weighted by Gasteiger charge is 2.11. The zero-order valence-electron chi connectivity index (χ0n) is 13.4. The lowest BCUT2D eigenvalue weighted by atomic mass is 10.2. The van der Waals surface area contributed by atoms with Crippen LogP contribution < -0.4 is 10.1 Å². The Kier molecular flexibility index (Phi) is 5.63. The van der Waals surface area contributed by atoms with Crippen molar-refractivity contribution in [2.75, 3.05) is 5.32 Å². The summed E-state index contributed by atoms with van der Waals surface area (Å²) < 4.78 is 5.73. The lowest BCUT2D eigenvalue weighted by molar-refractivity contribution is 0.103. The Labute approximate surface area is 160 Å². The number of anilines is 1. The van der Waals surface area contributed by atoms with Crippen LogP contribution in [-0.2, 0) is 6.61 Å². The number of ether oxygens (including phenoxy) is 1. The summed E-state index contributed by atoms with van der Waals surface area (Å²) in [7, 11) is 0. The number of thiophene rings is 1. The summed E-state index contributed by atoms with van der Waals surface area (Å²) in [6.45, 7) is 2.45. The molecule has 3 nitrogen and oxygen atoms in total. The van der Waals surface area contributed by atoms with Crippen LogP contribution in [0.15, 0.2) is 53.9 Å². The maximum absolute atomic E-state index is 12.3. The van der Waals surface area contributed by atoms with E-state index in [1.165, 1.54) is 16.9 Å². The Morgan fingerprint density at radius 1 is 1.08 bits per heavy atom. The normalized spacial score (nSPS) is 10.5. The second-order valence-electron chi connectivity index (χ2n) is 5.50. The molecule has 6 heteroatoms. The highest BCUT2D eigenvalue weighted by atomic mass is 35.5. The SMILES string of the molecule is Cc1ccc(OCc2csc(C(=O)Nc3ccc(Cl)c(Cl)c3)c2)cc1. The highest BCUT2D eigenvalue weighted by molar-refractivity contribution is 7.12. The second-order valence-corrected chi connectivity index (χ2v) is 7.23. The van der Waals surface area contributed by atoms with E-state index in [1.54, 1.807) is 18.2 Å². The molecule has 3 rings (SSSR count). The van der Waals surface area contributed by atoms with Crippen molar-refractivity contribution in [3.05, 3.63) is 80.0 Å². The van der Waals surface area contributed by atoms with E-state index in [4.69, 9.17) is 27.9 Å². The van der Waals surface area contributed by atoms with E-state index in [9.17, 15) is 4.79 Å². The molecule has 0 atom stereocenters. The minimum absolute atomic E-state index is 0.190. The number of amides is 1. The van der Waals surface area contributed by atoms with Gasteiger partial charge in [-0.05, 0) is 48.7 Å². The maximum atomic E-state index is 12.3. The molecule has 1 amide bonds. The van der Waals surface area contributed by atoms with E-state index < -0.39 is 0 Å². The molecule has 0 fully saturated rings. The zero-order valence-corrected chi connectivity index (χ0v) is 15.7. The van der Waals surface area contributed by atoms with Crippen LogP contribution in [0.3, 0.4) is 0 Å². The van der Waals surface area contributed by atoms with Gasteiger partial charge >= 0.3 is 0 Å². The van der Waals surface area contributed by atoms with Crippen LogP contribution >= 0.6 is 34.5 Å². The van der Waals surface area contributed by atoms with Gasteiger partial charge in [0.15, 0.2) is 0 Å². The largest absolute Gasteiger partial charge is 0.489 e. The van der Waals surface area contributed by atoms with Crippen LogP contribution in [0.25, 0.3) is 0 Å². The first-order valence-corrected chi connectivity index (χ1v) is 9.18. The van der Waals surface area contributed by atoms with Crippen molar-refractivity contribution in [1.82, 2.24) is 0 Å². The first-order valence-electron chi connectivity index (χ1n) is 7.54. The number of hydrogen-bond donors (Lipinski definition) is 1. The molecule has 0 saturated carbocycles. The summed E-state index contributed by atoms with van der Waals surface area (Å²) in [5.74, 6) is 0.614. The number of benzene rings is 2. The molecule has 1 aromatic heterocycles. The van der Waals surface area contributed by atoms with Crippen LogP contribution in [0.2, 0.25) is 10.0 Å². The molecule has 0 bridgehead atoms. The van der Waals surface area contributed by atoms with Gasteiger partial charge in [-0.25, -0.2) is 0 Å². The summed E-state index contributed by atoms with van der Waals surface area (Å²) >= 11 is 13.2. The summed E-state index contributed by atoms with van der Waals surface area (Å²) in [5.41, 5.74) is 2.74. The molecule has 0 radical (unpaired) electrons. The summed E-state index contributed by atoms with van der Waals surface area (Å²) in [6.07, 6.45) is 0. The molecule has 128 valence electrons. The fraction of sp³-hybridized carbons (Fsp3) is 0.105. The monoisotopic (exact) mass is 391 g/mol. The van der Waals surface area contributed by atoms with Crippen LogP contribution in [0.4, 0.5) is 5.69 Å². The number of hydrogen-bond acceptors (Lipinski definition) is 3. The number of nitrogens with one attached hydrogen (secondary N) is 1. The minimum atomic E-state index is -0.190. The number of halogens is 2. The van der Waals surface area contributed by atoms with E-state index >= 15 is 0 Å². The van der Waals surface area contributed by atoms with Crippen LogP contribution in [0.1, 0.15) is 20.8 Å². The molecule has 0 aliphatic carbocycles. The third kappa shape index (κ3) is 4.75. The fourth-order valence-electron chi connectivity index (χ4n) is 2.14. The van der Waals surface area contributed by atoms with Crippen molar-refractivity contribution in [2.45, 2.75) is 13.5 Å². The van der Waals surface area contributed by atoms with E-state index in [-0.39, 0.29) is 5.91 Å². The predicted octanol–water partition coefficient (Wildman–Crippen LogP) is 6.19. The lowest BCUT2D eigenvalue weighted by Gasteiger charge is -2.05. The van der Waals surface area contributed by atoms with Gasteiger partial charge in [-0.15, -0.1) is 11.3 Å². The highest BCUT2D eigenvalue weighted by Crippen LogP contribution is 2.26. The van der Waals surface area contributed by atoms with Gasteiger partial charge in [0, 0.05) is 11.3 Å². The first-order chi connectivity index (χ1) is 12.0. The van der Waals surface area contributed by atoms with Crippen molar-refractivity contribution in [2.24, 2.45) is 0 Å². The second kappa shape index (κ2) is 7.91. The third-order valence-corrected chi connectivity index (χ3v) is 5.20. The Hall–Kier alpha value is -2.01. The molecule has 25 heavy (non-hydrogen) atoms. The van der Waals surface area contributed by atoms with Gasteiger partial charge in [-0.1, -0.05) is 40.9 Å². The Balaban J connectivity index is 1.61. The smallest absolute Gasteiger partial charge is 0.265 e. The van der Waals surface area contributed by atoms with Crippen LogP contribution in [0, 0.1) is 6.92 Å². The molecule has 3 aromatic rings. The fourth-order valence-corrected chi connectivity index (χ4v) is 3.23. The van der Waals surface area contributed by atoms with E-state index in [0.29, 0.717) is 27.2 Å². The molecule has 1 heterocycles. The van der Waals surface area contributed by atoms with Crippen molar-refractivity contribution < 1.29 is 9.53 Å². The predicted molar refractivity (Wildman–Crippen MR) is 104 cm³/mol. The molecule has 0 aliphatic rings. The standard InChI is InChI=1S/C19H15Cl2NO2S/c1-12-2-5-15(6-3-12)24-10-13-8-18(25-11-13)19(23)22-14-4-7-16(20)17(21)9-14/h2-9,11H,10H2,1H3,(H,22,23). The van der Waals surface area contributed by atoms with Gasteiger partial charge in [0.2, 0.25) is 0 Å². The quantitative estimate of drug-likeness (QED) is 0.562. The molecule has 0 saturated heterocycles. The van der Waals surface area contributed by atoms with Crippen molar-refractivity contribution in [1.29, 1.82) is 0 Å². The van der Waals surface area contributed by atoms with Crippen molar-refractivity contribution in [3.63, 3.8) is 0 Å². The Bertz CT molecular complexity index is 891. The molecule has 0 spiro atoms. The van der Waals surface area contributed by atoms with Crippen molar-refractivity contribution in [3.8, 4) is 5.75 Å². The summed E-state index contributed by atoms with van der Waals surface area (Å²) in [4.78, 5) is 12.9. The van der Waals surface area contributed by atoms with Gasteiger partial charge < -0.3 is 10.1 Å². The molecular weight excluding hydrogens is 377 g/mol. The van der Waals surface area contributed by atoms with Crippen LogP contribution in [-0.4, -0.2) is 5.91 Å². The van der Waals surface area contributed by atoms with Gasteiger partial charge in [0.05, 0.1) is 14.9 Å². The molecule has 2 aromatic carbocycles. The Morgan fingerprint density at radius 2 is 1.84 bits per heavy atom. The topological polar surface area (TPSA) is 38.3 Å². The number of aryl methyl sites for hydroxylation is 1. The van der Waals surface area contributed by atoms with Crippen molar-refractivity contribution >= 4 is 46.1 Å². The van der Waals surface area contributed by atoms with Gasteiger partial charge in [0.25, 0.3) is 5.91 Å². The van der Waals surface area contributed by atoms with Gasteiger partial charge in [-0.2, -0.15) is 0 Å². The summed E-state index contributed by atoms with van der Waals surface area (Å²) in [5, 5.41) is 5.57. The van der Waals surface area contributed by atoms with Gasteiger partial charge in [0.1, 0.15) is 12.4 Å². The van der Waals surface area contributed by atoms with Crippen LogP contribution in [0.5, 0.6) is 5.75 Å². The number of carbonyl (C=O) groups is 1. The minimum Gasteiger partial charge on any atom is -0.489 e. The zero-order chi connectivity index (χ0) is 17.8. The first kappa shape index (κ1) is 17.8. The molecule has 0 aliphatic heterocycles. The third-order valence-electron chi connectivity index (χ3n) is 3.48. The number of rotatable bonds is 5. The lowest BCUT2D eigenvalue weighted by Crippen LogP contribution is -2.10. The summed E-state index contributed by atoms with van der Waals surface area (Å²) in [6, 6.07) is 14.7. The van der Waals surface area contributed by atoms with E-state index in [2.05, 4.69) is 5.32 Å². The van der Waals surface area contributed by atoms with E-state index in [1.807, 2.05) is 42.6 Å². The number of carbonyl (C=O) groups excluding carboxylic acids is 1. The molecule has 1 N–H and O–H groups in total. The maximum Gasteiger partial charge on any atom is 0.265 e. The average Bonchev–Trinajstić information content (AvgIpc) is 3.07. The molecule has 0 unspecified atom stereocenters.